The number of aryl methyl sites for hydroxylation is 1. The maximum atomic E-state index is 12.4. The van der Waals surface area contributed by atoms with Crippen molar-refractivity contribution in [1.29, 1.82) is 5.26 Å². The second-order valence-electron chi connectivity index (χ2n) is 6.01. The fraction of sp³-hybridized carbons (Fsp3) is 0.100. The van der Waals surface area contributed by atoms with E-state index < -0.39 is 5.56 Å². The Morgan fingerprint density at radius 3 is 2.52 bits per heavy atom. The predicted molar refractivity (Wildman–Crippen MR) is 121 cm³/mol. The minimum atomic E-state index is -0.534. The molecule has 1 aromatic heterocycles. The molecule has 0 saturated heterocycles. The van der Waals surface area contributed by atoms with E-state index in [9.17, 15) is 14.9 Å². The molecule has 9 heteroatoms. The number of nitrogens with zero attached hydrogens (tertiary/aromatic N) is 2. The predicted octanol–water partition coefficient (Wildman–Crippen LogP) is 4.87. The molecule has 0 aliphatic carbocycles. The second kappa shape index (κ2) is 9.39. The van der Waals surface area contributed by atoms with Gasteiger partial charge in [0.1, 0.15) is 11.6 Å². The van der Waals surface area contributed by atoms with Gasteiger partial charge in [-0.3, -0.25) is 9.59 Å². The maximum absolute atomic E-state index is 12.4. The summed E-state index contributed by atoms with van der Waals surface area (Å²) in [5.74, 6) is -0.218. The monoisotopic (exact) mass is 532 g/mol. The van der Waals surface area contributed by atoms with Crippen LogP contribution < -0.4 is 10.9 Å². The topological polar surface area (TPSA) is 98.6 Å². The van der Waals surface area contributed by atoms with Crippen molar-refractivity contribution in [3.8, 4) is 17.3 Å². The number of hydrogen-bond acceptors (Lipinski definition) is 5. The first-order valence-corrected chi connectivity index (χ1v) is 10.9. The van der Waals surface area contributed by atoms with Crippen LogP contribution in [0.15, 0.2) is 61.4 Å². The molecular formula is C20H14Br2N4O2S. The van der Waals surface area contributed by atoms with Crippen molar-refractivity contribution in [2.45, 2.75) is 12.1 Å². The molecule has 3 rings (SSSR count). The zero-order valence-electron chi connectivity index (χ0n) is 15.1. The number of carbonyl (C=O) groups excluding carboxylic acids is 1. The first-order chi connectivity index (χ1) is 13.9. The summed E-state index contributed by atoms with van der Waals surface area (Å²) in [5, 5.41) is 12.4. The van der Waals surface area contributed by atoms with Crippen LogP contribution in [0.1, 0.15) is 11.1 Å². The van der Waals surface area contributed by atoms with E-state index in [-0.39, 0.29) is 22.4 Å². The normalized spacial score (nSPS) is 10.4. The maximum Gasteiger partial charge on any atom is 0.270 e. The van der Waals surface area contributed by atoms with Gasteiger partial charge in [0.25, 0.3) is 5.56 Å². The van der Waals surface area contributed by atoms with Crippen LogP contribution in [0.5, 0.6) is 0 Å². The number of carbonyl (C=O) groups is 1. The van der Waals surface area contributed by atoms with E-state index in [1.54, 1.807) is 24.3 Å². The smallest absolute Gasteiger partial charge is 0.270 e. The van der Waals surface area contributed by atoms with Crippen molar-refractivity contribution < 1.29 is 4.79 Å². The van der Waals surface area contributed by atoms with E-state index in [2.05, 4.69) is 47.1 Å². The Hall–Kier alpha value is -2.41. The number of amides is 1. The third-order valence-corrected chi connectivity index (χ3v) is 5.97. The number of anilines is 1. The Bertz CT molecular complexity index is 1150. The number of H-pyrrole nitrogens is 1. The average molecular weight is 534 g/mol. The number of halogens is 2. The minimum Gasteiger partial charge on any atom is -0.323 e. The summed E-state index contributed by atoms with van der Waals surface area (Å²) in [4.78, 5) is 31.6. The van der Waals surface area contributed by atoms with Crippen molar-refractivity contribution in [2.24, 2.45) is 0 Å². The lowest BCUT2D eigenvalue weighted by Gasteiger charge is -2.11. The molecule has 0 saturated carbocycles. The van der Waals surface area contributed by atoms with Crippen LogP contribution in [0, 0.1) is 18.3 Å². The van der Waals surface area contributed by atoms with E-state index in [1.165, 1.54) is 0 Å². The van der Waals surface area contributed by atoms with Gasteiger partial charge in [-0.15, -0.1) is 0 Å². The van der Waals surface area contributed by atoms with Crippen LogP contribution in [-0.4, -0.2) is 21.6 Å². The molecule has 1 amide bonds. The largest absolute Gasteiger partial charge is 0.323 e. The summed E-state index contributed by atoms with van der Waals surface area (Å²) in [7, 11) is 0. The molecule has 0 aliphatic rings. The molecule has 0 fully saturated rings. The Balaban J connectivity index is 1.79. The molecule has 0 atom stereocenters. The molecule has 3 aromatic rings. The van der Waals surface area contributed by atoms with Crippen molar-refractivity contribution >= 4 is 55.2 Å². The van der Waals surface area contributed by atoms with E-state index in [4.69, 9.17) is 0 Å². The second-order valence-corrected chi connectivity index (χ2v) is 8.69. The number of aromatic nitrogens is 2. The summed E-state index contributed by atoms with van der Waals surface area (Å²) in [6.07, 6.45) is 0. The lowest BCUT2D eigenvalue weighted by molar-refractivity contribution is -0.113. The number of hydrogen-bond donors (Lipinski definition) is 2. The molecule has 0 unspecified atom stereocenters. The van der Waals surface area contributed by atoms with Gasteiger partial charge in [0, 0.05) is 14.5 Å². The number of nitriles is 1. The Kier molecular flexibility index (Phi) is 6.90. The first-order valence-electron chi connectivity index (χ1n) is 8.37. The summed E-state index contributed by atoms with van der Waals surface area (Å²) in [6.45, 7) is 1.95. The molecule has 29 heavy (non-hydrogen) atoms. The van der Waals surface area contributed by atoms with Crippen molar-refractivity contribution in [3.63, 3.8) is 0 Å². The Labute approximate surface area is 188 Å². The lowest BCUT2D eigenvalue weighted by Crippen LogP contribution is -2.18. The molecular weight excluding hydrogens is 520 g/mol. The molecule has 2 aromatic carbocycles. The van der Waals surface area contributed by atoms with Crippen molar-refractivity contribution in [2.75, 3.05) is 11.1 Å². The van der Waals surface area contributed by atoms with Gasteiger partial charge in [-0.1, -0.05) is 42.1 Å². The molecule has 146 valence electrons. The van der Waals surface area contributed by atoms with Gasteiger partial charge in [0.15, 0.2) is 5.16 Å². The number of benzene rings is 2. The van der Waals surface area contributed by atoms with Gasteiger partial charge in [0.05, 0.1) is 17.1 Å². The highest BCUT2D eigenvalue weighted by molar-refractivity contribution is 9.11. The summed E-state index contributed by atoms with van der Waals surface area (Å²) < 4.78 is 1.53. The van der Waals surface area contributed by atoms with Gasteiger partial charge < -0.3 is 10.3 Å². The molecule has 2 N–H and O–H groups in total. The molecule has 0 bridgehead atoms. The third-order valence-electron chi connectivity index (χ3n) is 3.85. The van der Waals surface area contributed by atoms with Gasteiger partial charge >= 0.3 is 0 Å². The molecule has 0 radical (unpaired) electrons. The first kappa shape index (κ1) is 21.3. The molecule has 0 aliphatic heterocycles. The standard InChI is InChI=1S/C20H14Br2N4O2S/c1-11-7-14(21)18(15(22)8-11)24-16(27)10-29-20-25-17(12-5-3-2-4-6-12)13(9-23)19(28)26-20/h2-8H,10H2,1H3,(H,24,27)(H,25,26,28). The van der Waals surface area contributed by atoms with Crippen LogP contribution in [0.2, 0.25) is 0 Å². The summed E-state index contributed by atoms with van der Waals surface area (Å²) in [5.41, 5.74) is 2.04. The lowest BCUT2D eigenvalue weighted by atomic mass is 10.1. The molecule has 0 spiro atoms. The van der Waals surface area contributed by atoms with Crippen LogP contribution >= 0.6 is 43.6 Å². The van der Waals surface area contributed by atoms with E-state index >= 15 is 0 Å². The highest BCUT2D eigenvalue weighted by atomic mass is 79.9. The zero-order valence-corrected chi connectivity index (χ0v) is 19.1. The van der Waals surface area contributed by atoms with E-state index in [1.807, 2.05) is 31.2 Å². The summed E-state index contributed by atoms with van der Waals surface area (Å²) >= 11 is 7.97. The van der Waals surface area contributed by atoms with E-state index in [0.717, 1.165) is 26.3 Å². The van der Waals surface area contributed by atoms with Gasteiger partial charge in [-0.25, -0.2) is 4.98 Å². The Morgan fingerprint density at radius 2 is 1.90 bits per heavy atom. The average Bonchev–Trinajstić information content (AvgIpc) is 2.69. The number of rotatable bonds is 5. The zero-order chi connectivity index (χ0) is 21.0. The number of aromatic amines is 1. The van der Waals surface area contributed by atoms with Crippen LogP contribution in [-0.2, 0) is 4.79 Å². The highest BCUT2D eigenvalue weighted by Crippen LogP contribution is 2.32. The molecule has 6 nitrogen and oxygen atoms in total. The van der Waals surface area contributed by atoms with Gasteiger partial charge in [-0.05, 0) is 56.5 Å². The fourth-order valence-corrected chi connectivity index (χ4v) is 4.83. The van der Waals surface area contributed by atoms with Gasteiger partial charge in [0.2, 0.25) is 5.91 Å². The van der Waals surface area contributed by atoms with Crippen LogP contribution in [0.4, 0.5) is 5.69 Å². The molecule has 1 heterocycles. The van der Waals surface area contributed by atoms with E-state index in [0.29, 0.717) is 16.9 Å². The third kappa shape index (κ3) is 5.15. The number of nitrogens with one attached hydrogen (secondary N) is 2. The van der Waals surface area contributed by atoms with Crippen LogP contribution in [0.25, 0.3) is 11.3 Å². The Morgan fingerprint density at radius 1 is 1.24 bits per heavy atom. The quantitative estimate of drug-likeness (QED) is 0.360. The highest BCUT2D eigenvalue weighted by Gasteiger charge is 2.15. The minimum absolute atomic E-state index is 0.0375. The van der Waals surface area contributed by atoms with Crippen molar-refractivity contribution in [1.82, 2.24) is 9.97 Å². The summed E-state index contributed by atoms with van der Waals surface area (Å²) in [6, 6.07) is 14.7. The SMILES string of the molecule is Cc1cc(Br)c(NC(=O)CSc2nc(-c3ccccc3)c(C#N)c(=O)[nH]2)c(Br)c1. The fourth-order valence-electron chi connectivity index (χ4n) is 2.56. The number of thioether (sulfide) groups is 1. The van der Waals surface area contributed by atoms with Crippen molar-refractivity contribution in [3.05, 3.63) is 72.9 Å². The van der Waals surface area contributed by atoms with Crippen LogP contribution in [0.3, 0.4) is 0 Å². The van der Waals surface area contributed by atoms with Gasteiger partial charge in [-0.2, -0.15) is 5.26 Å².